The number of nitrogens with zero attached hydrogens (tertiary/aromatic N) is 2. The van der Waals surface area contributed by atoms with E-state index in [-0.39, 0.29) is 0 Å². The van der Waals surface area contributed by atoms with E-state index in [1.165, 1.54) is 0 Å². The Bertz CT molecular complexity index is 561. The molecular weight excluding hydrogens is 230 g/mol. The zero-order valence-corrected chi connectivity index (χ0v) is 10.2. The van der Waals surface area contributed by atoms with Gasteiger partial charge in [-0.3, -0.25) is 0 Å². The third kappa shape index (κ3) is 1.76. The van der Waals surface area contributed by atoms with Gasteiger partial charge < -0.3 is 15.0 Å². The van der Waals surface area contributed by atoms with Crippen molar-refractivity contribution >= 4 is 0 Å². The highest BCUT2D eigenvalue weighted by atomic mass is 16.5. The molecule has 2 aromatic rings. The molecule has 0 amide bonds. The molecule has 0 radical (unpaired) electrons. The van der Waals surface area contributed by atoms with Crippen molar-refractivity contribution in [2.24, 2.45) is 5.73 Å². The zero-order chi connectivity index (χ0) is 12.6. The predicted molar refractivity (Wildman–Crippen MR) is 66.0 cm³/mol. The van der Waals surface area contributed by atoms with Crippen LogP contribution in [0.4, 0.5) is 0 Å². The van der Waals surface area contributed by atoms with E-state index < -0.39 is 5.54 Å². The fourth-order valence-electron chi connectivity index (χ4n) is 2.08. The summed E-state index contributed by atoms with van der Waals surface area (Å²) < 4.78 is 10.4. The van der Waals surface area contributed by atoms with Gasteiger partial charge in [0.2, 0.25) is 11.7 Å². The summed E-state index contributed by atoms with van der Waals surface area (Å²) in [6, 6.07) is 7.56. The Hall–Kier alpha value is -1.88. The second kappa shape index (κ2) is 4.10. The first kappa shape index (κ1) is 11.2. The van der Waals surface area contributed by atoms with Gasteiger partial charge in [0.05, 0.1) is 12.6 Å². The standard InChI is InChI=1S/C13H15N3O2/c1-17-10-5-2-4-9(8-10)11-15-12(18-16-11)13(14)6-3-7-13/h2,4-5,8H,3,6-7,14H2,1H3. The molecular formula is C13H15N3O2. The van der Waals surface area contributed by atoms with Gasteiger partial charge in [-0.25, -0.2) is 0 Å². The number of hydrogen-bond acceptors (Lipinski definition) is 5. The van der Waals surface area contributed by atoms with E-state index >= 15 is 0 Å². The van der Waals surface area contributed by atoms with Crippen molar-refractivity contribution < 1.29 is 9.26 Å². The van der Waals surface area contributed by atoms with Crippen LogP contribution in [-0.4, -0.2) is 17.3 Å². The maximum absolute atomic E-state index is 6.15. The smallest absolute Gasteiger partial charge is 0.247 e. The van der Waals surface area contributed by atoms with Crippen LogP contribution < -0.4 is 10.5 Å². The van der Waals surface area contributed by atoms with E-state index in [4.69, 9.17) is 15.0 Å². The van der Waals surface area contributed by atoms with Crippen LogP contribution in [0.5, 0.6) is 5.75 Å². The molecule has 18 heavy (non-hydrogen) atoms. The molecule has 1 fully saturated rings. The molecule has 94 valence electrons. The third-order valence-corrected chi connectivity index (χ3v) is 3.43. The number of ether oxygens (including phenoxy) is 1. The van der Waals surface area contributed by atoms with E-state index in [0.29, 0.717) is 11.7 Å². The second-order valence-electron chi connectivity index (χ2n) is 4.66. The Morgan fingerprint density at radius 2 is 2.22 bits per heavy atom. The second-order valence-corrected chi connectivity index (χ2v) is 4.66. The first-order valence-electron chi connectivity index (χ1n) is 5.99. The first-order chi connectivity index (χ1) is 8.71. The number of benzene rings is 1. The molecule has 1 heterocycles. The first-order valence-corrected chi connectivity index (χ1v) is 5.99. The molecule has 1 aromatic carbocycles. The van der Waals surface area contributed by atoms with Crippen LogP contribution in [0.15, 0.2) is 28.8 Å². The van der Waals surface area contributed by atoms with Gasteiger partial charge >= 0.3 is 0 Å². The van der Waals surface area contributed by atoms with Crippen molar-refractivity contribution in [1.29, 1.82) is 0 Å². The summed E-state index contributed by atoms with van der Waals surface area (Å²) in [6.07, 6.45) is 2.94. The number of rotatable bonds is 3. The SMILES string of the molecule is COc1cccc(-c2noc(C3(N)CCC3)n2)c1. The Labute approximate surface area is 105 Å². The molecule has 1 aromatic heterocycles. The van der Waals surface area contributed by atoms with Crippen molar-refractivity contribution in [3.63, 3.8) is 0 Å². The quantitative estimate of drug-likeness (QED) is 0.896. The third-order valence-electron chi connectivity index (χ3n) is 3.43. The van der Waals surface area contributed by atoms with E-state index in [9.17, 15) is 0 Å². The van der Waals surface area contributed by atoms with E-state index in [1.54, 1.807) is 7.11 Å². The molecule has 0 spiro atoms. The maximum atomic E-state index is 6.15. The average Bonchev–Trinajstić information content (AvgIpc) is 2.86. The van der Waals surface area contributed by atoms with Gasteiger partial charge in [-0.1, -0.05) is 17.3 Å². The summed E-state index contributed by atoms with van der Waals surface area (Å²) in [5.41, 5.74) is 6.61. The van der Waals surface area contributed by atoms with Crippen LogP contribution in [0.3, 0.4) is 0 Å². The minimum atomic E-state index is -0.413. The Kier molecular flexibility index (Phi) is 2.56. The summed E-state index contributed by atoms with van der Waals surface area (Å²) >= 11 is 0. The molecule has 5 heteroatoms. The van der Waals surface area contributed by atoms with Gasteiger partial charge in [-0.05, 0) is 31.4 Å². The number of hydrogen-bond donors (Lipinski definition) is 1. The molecule has 1 aliphatic rings. The van der Waals surface area contributed by atoms with Gasteiger partial charge in [0, 0.05) is 5.56 Å². The van der Waals surface area contributed by atoms with Crippen molar-refractivity contribution in [3.8, 4) is 17.1 Å². The number of methoxy groups -OCH3 is 1. The summed E-state index contributed by atoms with van der Waals surface area (Å²) in [7, 11) is 1.63. The fourth-order valence-corrected chi connectivity index (χ4v) is 2.08. The van der Waals surface area contributed by atoms with Crippen molar-refractivity contribution in [1.82, 2.24) is 10.1 Å². The largest absolute Gasteiger partial charge is 0.497 e. The molecule has 1 saturated carbocycles. The lowest BCUT2D eigenvalue weighted by Gasteiger charge is -2.33. The van der Waals surface area contributed by atoms with E-state index in [1.807, 2.05) is 24.3 Å². The minimum absolute atomic E-state index is 0.413. The highest BCUT2D eigenvalue weighted by Gasteiger charge is 2.39. The van der Waals surface area contributed by atoms with Crippen molar-refractivity contribution in [2.45, 2.75) is 24.8 Å². The zero-order valence-electron chi connectivity index (χ0n) is 10.2. The summed E-state index contributed by atoms with van der Waals surface area (Å²) in [5.74, 6) is 1.86. The molecule has 0 unspecified atom stereocenters. The lowest BCUT2D eigenvalue weighted by atomic mass is 9.78. The molecule has 2 N–H and O–H groups in total. The topological polar surface area (TPSA) is 74.2 Å². The van der Waals surface area contributed by atoms with Crippen LogP contribution in [0, 0.1) is 0 Å². The lowest BCUT2D eigenvalue weighted by Crippen LogP contribution is -2.43. The summed E-state index contributed by atoms with van der Waals surface area (Å²) in [6.45, 7) is 0. The van der Waals surface area contributed by atoms with Crippen molar-refractivity contribution in [2.75, 3.05) is 7.11 Å². The molecule has 3 rings (SSSR count). The van der Waals surface area contributed by atoms with Crippen LogP contribution in [0.25, 0.3) is 11.4 Å². The normalized spacial score (nSPS) is 17.2. The summed E-state index contributed by atoms with van der Waals surface area (Å²) in [5, 5.41) is 3.99. The van der Waals surface area contributed by atoms with Crippen molar-refractivity contribution in [3.05, 3.63) is 30.2 Å². The number of nitrogens with two attached hydrogens (primary N) is 1. The lowest BCUT2D eigenvalue weighted by molar-refractivity contribution is 0.181. The maximum Gasteiger partial charge on any atom is 0.247 e. The van der Waals surface area contributed by atoms with Gasteiger partial charge in [-0.2, -0.15) is 4.98 Å². The average molecular weight is 245 g/mol. The minimum Gasteiger partial charge on any atom is -0.497 e. The van der Waals surface area contributed by atoms with Gasteiger partial charge in [0.15, 0.2) is 0 Å². The van der Waals surface area contributed by atoms with Gasteiger partial charge in [0.25, 0.3) is 0 Å². The van der Waals surface area contributed by atoms with E-state index in [0.717, 1.165) is 30.6 Å². The predicted octanol–water partition coefficient (Wildman–Crippen LogP) is 2.08. The Balaban J connectivity index is 1.92. The highest BCUT2D eigenvalue weighted by Crippen LogP contribution is 2.38. The molecule has 0 aliphatic heterocycles. The molecule has 5 nitrogen and oxygen atoms in total. The Morgan fingerprint density at radius 3 is 2.89 bits per heavy atom. The molecule has 1 aliphatic carbocycles. The van der Waals surface area contributed by atoms with Crippen LogP contribution in [0.1, 0.15) is 25.2 Å². The van der Waals surface area contributed by atoms with Crippen LogP contribution >= 0.6 is 0 Å². The molecule has 0 bridgehead atoms. The van der Waals surface area contributed by atoms with E-state index in [2.05, 4.69) is 10.1 Å². The highest BCUT2D eigenvalue weighted by molar-refractivity contribution is 5.56. The molecule has 0 saturated heterocycles. The van der Waals surface area contributed by atoms with Crippen LogP contribution in [-0.2, 0) is 5.54 Å². The Morgan fingerprint density at radius 1 is 1.39 bits per heavy atom. The summed E-state index contributed by atoms with van der Waals surface area (Å²) in [4.78, 5) is 4.39. The number of aromatic nitrogens is 2. The van der Waals surface area contributed by atoms with Gasteiger partial charge in [0.1, 0.15) is 5.75 Å². The van der Waals surface area contributed by atoms with Gasteiger partial charge in [-0.15, -0.1) is 0 Å². The fraction of sp³-hybridized carbons (Fsp3) is 0.385. The monoisotopic (exact) mass is 245 g/mol. The molecule has 0 atom stereocenters. The van der Waals surface area contributed by atoms with Crippen LogP contribution in [0.2, 0.25) is 0 Å².